The number of aliphatic hydroxyl groups excluding tert-OH is 1. The lowest BCUT2D eigenvalue weighted by Crippen LogP contribution is -2.28. The van der Waals surface area contributed by atoms with Crippen molar-refractivity contribution in [3.05, 3.63) is 39.7 Å². The molecule has 0 aromatic heterocycles. The van der Waals surface area contributed by atoms with Gasteiger partial charge in [-0.2, -0.15) is 4.39 Å². The maximum atomic E-state index is 13.0. The summed E-state index contributed by atoms with van der Waals surface area (Å²) in [5.41, 5.74) is -0.310. The van der Waals surface area contributed by atoms with E-state index >= 15 is 0 Å². The van der Waals surface area contributed by atoms with E-state index in [1.54, 1.807) is 14.0 Å². The maximum Gasteiger partial charge on any atom is 0.305 e. The lowest BCUT2D eigenvalue weighted by atomic mass is 10.0. The van der Waals surface area contributed by atoms with Gasteiger partial charge in [0.05, 0.1) is 11.0 Å². The number of hydrogen-bond acceptors (Lipinski definition) is 4. The molecule has 2 N–H and O–H groups in total. The molecule has 0 heterocycles. The molecule has 0 aliphatic rings. The van der Waals surface area contributed by atoms with E-state index < -0.39 is 22.5 Å². The third kappa shape index (κ3) is 2.53. The quantitative estimate of drug-likeness (QED) is 0.603. The third-order valence-electron chi connectivity index (χ3n) is 2.44. The summed E-state index contributed by atoms with van der Waals surface area (Å²) in [6.07, 6.45) is -0.913. The molecule has 0 aliphatic carbocycles. The molecule has 0 fully saturated rings. The van der Waals surface area contributed by atoms with Gasteiger partial charge in [-0.25, -0.2) is 0 Å². The summed E-state index contributed by atoms with van der Waals surface area (Å²) < 4.78 is 13.0. The monoisotopic (exact) mass is 228 g/mol. The summed E-state index contributed by atoms with van der Waals surface area (Å²) in [5.74, 6) is -0.905. The van der Waals surface area contributed by atoms with Crippen molar-refractivity contribution >= 4 is 5.69 Å². The average Bonchev–Trinajstić information content (AvgIpc) is 2.27. The van der Waals surface area contributed by atoms with E-state index in [9.17, 15) is 19.6 Å². The van der Waals surface area contributed by atoms with Crippen LogP contribution in [0.1, 0.15) is 18.6 Å². The molecule has 0 saturated carbocycles. The fourth-order valence-electron chi connectivity index (χ4n) is 1.30. The average molecular weight is 228 g/mol. The van der Waals surface area contributed by atoms with Crippen LogP contribution in [0.25, 0.3) is 0 Å². The van der Waals surface area contributed by atoms with Crippen molar-refractivity contribution in [2.75, 3.05) is 7.05 Å². The molecule has 0 spiro atoms. The SMILES string of the molecule is CNC(C)C(O)c1ccc(F)c([N+](=O)[O-])c1. The number of halogens is 1. The molecule has 0 saturated heterocycles. The standard InChI is InChI=1S/C10H13FN2O3/c1-6(12-2)10(14)7-3-4-8(11)9(5-7)13(15)16/h3-6,10,12,14H,1-2H3. The molecule has 0 bridgehead atoms. The molecule has 1 aromatic carbocycles. The minimum absolute atomic E-state index is 0.273. The van der Waals surface area contributed by atoms with E-state index in [4.69, 9.17) is 0 Å². The smallest absolute Gasteiger partial charge is 0.305 e. The van der Waals surface area contributed by atoms with Crippen LogP contribution in [0.4, 0.5) is 10.1 Å². The number of benzene rings is 1. The molecule has 0 amide bonds. The van der Waals surface area contributed by atoms with E-state index in [1.165, 1.54) is 6.07 Å². The van der Waals surface area contributed by atoms with E-state index in [0.717, 1.165) is 12.1 Å². The molecule has 5 nitrogen and oxygen atoms in total. The van der Waals surface area contributed by atoms with Gasteiger partial charge in [0.15, 0.2) is 0 Å². The summed E-state index contributed by atoms with van der Waals surface area (Å²) in [5, 5.41) is 23.1. The summed E-state index contributed by atoms with van der Waals surface area (Å²) >= 11 is 0. The molecule has 1 rings (SSSR count). The molecular formula is C10H13FN2O3. The molecule has 0 radical (unpaired) electrons. The number of hydrogen-bond donors (Lipinski definition) is 2. The van der Waals surface area contributed by atoms with E-state index in [-0.39, 0.29) is 6.04 Å². The van der Waals surface area contributed by atoms with E-state index in [0.29, 0.717) is 5.56 Å². The number of rotatable bonds is 4. The zero-order valence-corrected chi connectivity index (χ0v) is 8.98. The number of nitrogens with zero attached hydrogens (tertiary/aromatic N) is 1. The van der Waals surface area contributed by atoms with Crippen molar-refractivity contribution in [2.24, 2.45) is 0 Å². The molecule has 0 aliphatic heterocycles. The van der Waals surface area contributed by atoms with Gasteiger partial charge in [-0.05, 0) is 25.6 Å². The first-order chi connectivity index (χ1) is 7.47. The number of nitrogens with one attached hydrogen (secondary N) is 1. The van der Waals surface area contributed by atoms with Crippen LogP contribution in [0.3, 0.4) is 0 Å². The van der Waals surface area contributed by atoms with Gasteiger partial charge in [0, 0.05) is 12.1 Å². The van der Waals surface area contributed by atoms with Crippen molar-refractivity contribution < 1.29 is 14.4 Å². The second kappa shape index (κ2) is 5.00. The van der Waals surface area contributed by atoms with E-state index in [1.807, 2.05) is 0 Å². The third-order valence-corrected chi connectivity index (χ3v) is 2.44. The predicted molar refractivity (Wildman–Crippen MR) is 56.5 cm³/mol. The molecular weight excluding hydrogens is 215 g/mol. The van der Waals surface area contributed by atoms with Crippen LogP contribution in [0.15, 0.2) is 18.2 Å². The van der Waals surface area contributed by atoms with Crippen LogP contribution in [0.5, 0.6) is 0 Å². The van der Waals surface area contributed by atoms with Gasteiger partial charge in [0.25, 0.3) is 0 Å². The second-order valence-electron chi connectivity index (χ2n) is 3.49. The van der Waals surface area contributed by atoms with Gasteiger partial charge < -0.3 is 10.4 Å². The van der Waals surface area contributed by atoms with Gasteiger partial charge in [-0.1, -0.05) is 6.07 Å². The van der Waals surface area contributed by atoms with Gasteiger partial charge in [0.1, 0.15) is 0 Å². The zero-order valence-electron chi connectivity index (χ0n) is 8.98. The van der Waals surface area contributed by atoms with Crippen LogP contribution in [0.2, 0.25) is 0 Å². The van der Waals surface area contributed by atoms with Crippen molar-refractivity contribution in [3.8, 4) is 0 Å². The highest BCUT2D eigenvalue weighted by Gasteiger charge is 2.20. The molecule has 2 unspecified atom stereocenters. The summed E-state index contributed by atoms with van der Waals surface area (Å²) in [4.78, 5) is 9.69. The van der Waals surface area contributed by atoms with Gasteiger partial charge >= 0.3 is 5.69 Å². The Bertz CT molecular complexity index is 398. The number of likely N-dealkylation sites (N-methyl/N-ethyl adjacent to an activating group) is 1. The minimum Gasteiger partial charge on any atom is -0.387 e. The largest absolute Gasteiger partial charge is 0.387 e. The molecule has 2 atom stereocenters. The van der Waals surface area contributed by atoms with Gasteiger partial charge in [-0.3, -0.25) is 10.1 Å². The number of aliphatic hydroxyl groups is 1. The Balaban J connectivity index is 3.07. The van der Waals surface area contributed by atoms with Crippen LogP contribution in [-0.2, 0) is 0 Å². The second-order valence-corrected chi connectivity index (χ2v) is 3.49. The normalized spacial score (nSPS) is 14.5. The Hall–Kier alpha value is -1.53. The van der Waals surface area contributed by atoms with E-state index in [2.05, 4.69) is 5.32 Å². The van der Waals surface area contributed by atoms with Crippen molar-refractivity contribution in [1.82, 2.24) is 5.32 Å². The fraction of sp³-hybridized carbons (Fsp3) is 0.400. The Morgan fingerprint density at radius 1 is 1.56 bits per heavy atom. The Kier molecular flexibility index (Phi) is 3.92. The van der Waals surface area contributed by atoms with Crippen LogP contribution < -0.4 is 5.32 Å². The first-order valence-electron chi connectivity index (χ1n) is 4.76. The summed E-state index contributed by atoms with van der Waals surface area (Å²) in [7, 11) is 1.66. The number of nitro groups is 1. The lowest BCUT2D eigenvalue weighted by Gasteiger charge is -2.18. The fourth-order valence-corrected chi connectivity index (χ4v) is 1.30. The Morgan fingerprint density at radius 3 is 2.69 bits per heavy atom. The van der Waals surface area contributed by atoms with Crippen LogP contribution in [0, 0.1) is 15.9 Å². The maximum absolute atomic E-state index is 13.0. The van der Waals surface area contributed by atoms with Crippen LogP contribution in [-0.4, -0.2) is 23.1 Å². The zero-order chi connectivity index (χ0) is 12.3. The Labute approximate surface area is 92.1 Å². The first kappa shape index (κ1) is 12.5. The molecule has 16 heavy (non-hydrogen) atoms. The van der Waals surface area contributed by atoms with Crippen molar-refractivity contribution in [2.45, 2.75) is 19.1 Å². The Morgan fingerprint density at radius 2 is 2.19 bits per heavy atom. The topological polar surface area (TPSA) is 75.4 Å². The molecule has 88 valence electrons. The molecule has 6 heteroatoms. The summed E-state index contributed by atoms with van der Waals surface area (Å²) in [6, 6.07) is 3.10. The lowest BCUT2D eigenvalue weighted by molar-refractivity contribution is -0.387. The van der Waals surface area contributed by atoms with Gasteiger partial charge in [0.2, 0.25) is 5.82 Å². The summed E-state index contributed by atoms with van der Waals surface area (Å²) in [6.45, 7) is 1.72. The highest BCUT2D eigenvalue weighted by molar-refractivity contribution is 5.37. The predicted octanol–water partition coefficient (Wildman–Crippen LogP) is 1.38. The van der Waals surface area contributed by atoms with Crippen molar-refractivity contribution in [3.63, 3.8) is 0 Å². The highest BCUT2D eigenvalue weighted by Crippen LogP contribution is 2.24. The van der Waals surface area contributed by atoms with Crippen molar-refractivity contribution in [1.29, 1.82) is 0 Å². The first-order valence-corrected chi connectivity index (χ1v) is 4.76. The highest BCUT2D eigenvalue weighted by atomic mass is 19.1. The number of nitro benzene ring substituents is 1. The molecule has 1 aromatic rings. The van der Waals surface area contributed by atoms with Crippen LogP contribution >= 0.6 is 0 Å². The minimum atomic E-state index is -0.913. The van der Waals surface area contributed by atoms with Gasteiger partial charge in [-0.15, -0.1) is 0 Å².